The van der Waals surface area contributed by atoms with Gasteiger partial charge >= 0.3 is 0 Å². The minimum Gasteiger partial charge on any atom is -0.296 e. The number of carbonyl (C=O) groups is 1. The molecule has 1 saturated heterocycles. The summed E-state index contributed by atoms with van der Waals surface area (Å²) in [6.07, 6.45) is 3.26. The zero-order valence-electron chi connectivity index (χ0n) is 8.27. The Morgan fingerprint density at radius 2 is 2.29 bits per heavy atom. The molecule has 1 aromatic heterocycles. The summed E-state index contributed by atoms with van der Waals surface area (Å²) in [6, 6.07) is 1.92. The molecule has 1 aromatic rings. The summed E-state index contributed by atoms with van der Waals surface area (Å²) in [6.45, 7) is 0. The van der Waals surface area contributed by atoms with Crippen molar-refractivity contribution in [3.63, 3.8) is 0 Å². The van der Waals surface area contributed by atoms with E-state index in [1.807, 2.05) is 24.9 Å². The van der Waals surface area contributed by atoms with Crippen molar-refractivity contribution in [1.82, 2.24) is 9.78 Å². The van der Waals surface area contributed by atoms with Gasteiger partial charge in [0.05, 0.1) is 5.69 Å². The van der Waals surface area contributed by atoms with E-state index in [9.17, 15) is 4.79 Å². The molecule has 0 aromatic carbocycles. The number of aryl methyl sites for hydroxylation is 1. The SMILES string of the molecule is Cn1nc(C2CCSCC2)cc1C=O. The second kappa shape index (κ2) is 4.17. The van der Waals surface area contributed by atoms with Gasteiger partial charge in [0.25, 0.3) is 0 Å². The molecule has 1 aliphatic rings. The molecule has 0 radical (unpaired) electrons. The summed E-state index contributed by atoms with van der Waals surface area (Å²) >= 11 is 2.01. The maximum atomic E-state index is 10.7. The Bertz CT molecular complexity index is 329. The molecule has 2 rings (SSSR count). The molecule has 0 bridgehead atoms. The number of hydrogen-bond donors (Lipinski definition) is 0. The van der Waals surface area contributed by atoms with E-state index in [1.54, 1.807) is 4.68 Å². The second-order valence-electron chi connectivity index (χ2n) is 3.62. The number of thioether (sulfide) groups is 1. The largest absolute Gasteiger partial charge is 0.296 e. The molecule has 0 N–H and O–H groups in total. The Hall–Kier alpha value is -0.770. The van der Waals surface area contributed by atoms with E-state index in [0.717, 1.165) is 12.0 Å². The van der Waals surface area contributed by atoms with Crippen LogP contribution in [-0.2, 0) is 7.05 Å². The Balaban J connectivity index is 2.18. The van der Waals surface area contributed by atoms with E-state index in [-0.39, 0.29) is 0 Å². The number of hydrogen-bond acceptors (Lipinski definition) is 3. The molecule has 0 amide bonds. The van der Waals surface area contributed by atoms with Gasteiger partial charge in [0.1, 0.15) is 5.69 Å². The van der Waals surface area contributed by atoms with Gasteiger partial charge in [0.2, 0.25) is 0 Å². The van der Waals surface area contributed by atoms with Crippen LogP contribution in [0.1, 0.15) is 34.9 Å². The molecule has 0 spiro atoms. The first-order valence-corrected chi connectivity index (χ1v) is 6.03. The van der Waals surface area contributed by atoms with Crippen LogP contribution >= 0.6 is 11.8 Å². The van der Waals surface area contributed by atoms with Crippen molar-refractivity contribution in [2.45, 2.75) is 18.8 Å². The van der Waals surface area contributed by atoms with Crippen LogP contribution in [0.2, 0.25) is 0 Å². The first-order chi connectivity index (χ1) is 6.81. The van der Waals surface area contributed by atoms with E-state index >= 15 is 0 Å². The summed E-state index contributed by atoms with van der Waals surface area (Å²) in [4.78, 5) is 10.7. The van der Waals surface area contributed by atoms with Crippen LogP contribution in [-0.4, -0.2) is 27.6 Å². The van der Waals surface area contributed by atoms with Crippen molar-refractivity contribution < 1.29 is 4.79 Å². The van der Waals surface area contributed by atoms with Crippen LogP contribution in [0.3, 0.4) is 0 Å². The third-order valence-electron chi connectivity index (χ3n) is 2.70. The van der Waals surface area contributed by atoms with Gasteiger partial charge in [-0.1, -0.05) is 0 Å². The first-order valence-electron chi connectivity index (χ1n) is 4.88. The van der Waals surface area contributed by atoms with Gasteiger partial charge in [-0.2, -0.15) is 16.9 Å². The average molecular weight is 210 g/mol. The number of nitrogens with zero attached hydrogens (tertiary/aromatic N) is 2. The molecule has 4 heteroatoms. The fourth-order valence-electron chi connectivity index (χ4n) is 1.81. The summed E-state index contributed by atoms with van der Waals surface area (Å²) in [5.41, 5.74) is 1.77. The smallest absolute Gasteiger partial charge is 0.168 e. The predicted octanol–water partition coefficient (Wildman–Crippen LogP) is 1.84. The number of aldehydes is 1. The topological polar surface area (TPSA) is 34.9 Å². The standard InChI is InChI=1S/C10H14N2OS/c1-12-9(7-13)6-10(11-12)8-2-4-14-5-3-8/h6-8H,2-5H2,1H3. The van der Waals surface area contributed by atoms with Gasteiger partial charge in [-0.05, 0) is 30.4 Å². The summed E-state index contributed by atoms with van der Waals surface area (Å²) in [7, 11) is 1.82. The minimum atomic E-state index is 0.566. The van der Waals surface area contributed by atoms with Crippen molar-refractivity contribution in [2.75, 3.05) is 11.5 Å². The molecule has 0 unspecified atom stereocenters. The molecule has 1 fully saturated rings. The van der Waals surface area contributed by atoms with Crippen LogP contribution in [0.5, 0.6) is 0 Å². The van der Waals surface area contributed by atoms with E-state index in [0.29, 0.717) is 11.6 Å². The first kappa shape index (κ1) is 9.77. The van der Waals surface area contributed by atoms with Gasteiger partial charge in [0, 0.05) is 13.0 Å². The molecule has 3 nitrogen and oxygen atoms in total. The van der Waals surface area contributed by atoms with Crippen molar-refractivity contribution in [3.05, 3.63) is 17.5 Å². The van der Waals surface area contributed by atoms with E-state index < -0.39 is 0 Å². The average Bonchev–Trinajstić information content (AvgIpc) is 2.61. The quantitative estimate of drug-likeness (QED) is 0.699. The van der Waals surface area contributed by atoms with E-state index in [4.69, 9.17) is 0 Å². The maximum absolute atomic E-state index is 10.7. The Labute approximate surface area is 87.9 Å². The molecule has 0 saturated carbocycles. The van der Waals surface area contributed by atoms with Gasteiger partial charge in [-0.3, -0.25) is 9.48 Å². The Morgan fingerprint density at radius 3 is 2.86 bits per heavy atom. The van der Waals surface area contributed by atoms with Crippen molar-refractivity contribution in [2.24, 2.45) is 7.05 Å². The third kappa shape index (κ3) is 1.85. The van der Waals surface area contributed by atoms with Gasteiger partial charge in [-0.25, -0.2) is 0 Å². The van der Waals surface area contributed by atoms with Crippen LogP contribution in [0.15, 0.2) is 6.07 Å². The monoisotopic (exact) mass is 210 g/mol. The number of rotatable bonds is 2. The highest BCUT2D eigenvalue weighted by Crippen LogP contribution is 2.30. The molecule has 14 heavy (non-hydrogen) atoms. The fraction of sp³-hybridized carbons (Fsp3) is 0.600. The predicted molar refractivity (Wildman–Crippen MR) is 57.9 cm³/mol. The van der Waals surface area contributed by atoms with Crippen molar-refractivity contribution in [1.29, 1.82) is 0 Å². The zero-order chi connectivity index (χ0) is 9.97. The molecular weight excluding hydrogens is 196 g/mol. The van der Waals surface area contributed by atoms with E-state index in [2.05, 4.69) is 5.10 Å². The molecule has 76 valence electrons. The van der Waals surface area contributed by atoms with E-state index in [1.165, 1.54) is 24.3 Å². The summed E-state index contributed by atoms with van der Waals surface area (Å²) in [5, 5.41) is 4.38. The lowest BCUT2D eigenvalue weighted by atomic mass is 9.99. The highest BCUT2D eigenvalue weighted by atomic mass is 32.2. The normalized spacial score (nSPS) is 18.4. The minimum absolute atomic E-state index is 0.566. The zero-order valence-corrected chi connectivity index (χ0v) is 9.09. The van der Waals surface area contributed by atoms with Crippen LogP contribution in [0, 0.1) is 0 Å². The fourth-order valence-corrected chi connectivity index (χ4v) is 2.91. The molecule has 0 atom stereocenters. The van der Waals surface area contributed by atoms with Gasteiger partial charge in [-0.15, -0.1) is 0 Å². The Morgan fingerprint density at radius 1 is 1.57 bits per heavy atom. The van der Waals surface area contributed by atoms with Crippen LogP contribution in [0.4, 0.5) is 0 Å². The van der Waals surface area contributed by atoms with Crippen LogP contribution < -0.4 is 0 Å². The molecular formula is C10H14N2OS. The lowest BCUT2D eigenvalue weighted by Crippen LogP contribution is -2.08. The molecule has 2 heterocycles. The van der Waals surface area contributed by atoms with Crippen molar-refractivity contribution >= 4 is 18.0 Å². The van der Waals surface area contributed by atoms with Gasteiger partial charge < -0.3 is 0 Å². The third-order valence-corrected chi connectivity index (χ3v) is 3.74. The van der Waals surface area contributed by atoms with Crippen molar-refractivity contribution in [3.8, 4) is 0 Å². The van der Waals surface area contributed by atoms with Crippen LogP contribution in [0.25, 0.3) is 0 Å². The number of carbonyl (C=O) groups excluding carboxylic acids is 1. The summed E-state index contributed by atoms with van der Waals surface area (Å²) in [5.74, 6) is 3.01. The maximum Gasteiger partial charge on any atom is 0.168 e. The number of aromatic nitrogens is 2. The van der Waals surface area contributed by atoms with Gasteiger partial charge in [0.15, 0.2) is 6.29 Å². The second-order valence-corrected chi connectivity index (χ2v) is 4.85. The lowest BCUT2D eigenvalue weighted by Gasteiger charge is -2.18. The summed E-state index contributed by atoms with van der Waals surface area (Å²) < 4.78 is 1.67. The highest BCUT2D eigenvalue weighted by molar-refractivity contribution is 7.99. The Kier molecular flexibility index (Phi) is 2.91. The molecule has 1 aliphatic heterocycles. The molecule has 0 aliphatic carbocycles. The highest BCUT2D eigenvalue weighted by Gasteiger charge is 2.19. The lowest BCUT2D eigenvalue weighted by molar-refractivity contribution is 0.111.